The van der Waals surface area contributed by atoms with Gasteiger partial charge >= 0.3 is 5.97 Å². The molecule has 1 saturated carbocycles. The molecule has 1 aliphatic carbocycles. The zero-order valence-corrected chi connectivity index (χ0v) is 17.9. The van der Waals surface area contributed by atoms with E-state index in [0.717, 1.165) is 0 Å². The standard InChI is InChI=1S/C23H24N2O5S/c26-20(18-12-10-17(11-13-18)16-6-2-1-3-7-16)15-30-22(27)14-24-23-19-8-4-5-9-21(19)31(28,29)25-23/h4-5,8-13,16H,1-3,6-7,14-15H2,(H,24,25). The molecule has 1 aliphatic heterocycles. The maximum Gasteiger partial charge on any atom is 0.328 e. The first-order chi connectivity index (χ1) is 14.9. The van der Waals surface area contributed by atoms with Gasteiger partial charge in [0.1, 0.15) is 12.4 Å². The Morgan fingerprint density at radius 1 is 1.00 bits per heavy atom. The van der Waals surface area contributed by atoms with Crippen molar-refractivity contribution in [1.29, 1.82) is 0 Å². The van der Waals surface area contributed by atoms with E-state index in [1.807, 2.05) is 12.1 Å². The van der Waals surface area contributed by atoms with Crippen LogP contribution in [-0.2, 0) is 19.6 Å². The molecule has 8 heteroatoms. The number of carbonyl (C=O) groups is 2. The number of aliphatic imine (C=N–C) groups is 1. The molecule has 0 saturated heterocycles. The smallest absolute Gasteiger partial charge is 0.328 e. The molecule has 0 atom stereocenters. The minimum atomic E-state index is -3.66. The summed E-state index contributed by atoms with van der Waals surface area (Å²) in [7, 11) is -3.66. The lowest BCUT2D eigenvalue weighted by Crippen LogP contribution is -2.24. The van der Waals surface area contributed by atoms with Crippen LogP contribution in [0.5, 0.6) is 0 Å². The summed E-state index contributed by atoms with van der Waals surface area (Å²) in [5.41, 5.74) is 2.16. The molecule has 0 unspecified atom stereocenters. The van der Waals surface area contributed by atoms with Gasteiger partial charge in [0.15, 0.2) is 12.4 Å². The number of nitrogens with one attached hydrogen (secondary N) is 1. The largest absolute Gasteiger partial charge is 0.456 e. The van der Waals surface area contributed by atoms with Gasteiger partial charge in [0.25, 0.3) is 10.0 Å². The first-order valence-electron chi connectivity index (χ1n) is 10.4. The van der Waals surface area contributed by atoms with E-state index in [4.69, 9.17) is 4.74 Å². The number of Topliss-reactive ketones (excluding diaryl/α,β-unsaturated/α-hetero) is 1. The number of nitrogens with zero attached hydrogens (tertiary/aromatic N) is 1. The molecule has 1 N–H and O–H groups in total. The highest BCUT2D eigenvalue weighted by atomic mass is 32.2. The molecule has 2 aromatic carbocycles. The molecule has 0 bridgehead atoms. The van der Waals surface area contributed by atoms with E-state index in [1.165, 1.54) is 43.7 Å². The highest BCUT2D eigenvalue weighted by Crippen LogP contribution is 2.32. The van der Waals surface area contributed by atoms with Gasteiger partial charge in [-0.15, -0.1) is 0 Å². The monoisotopic (exact) mass is 440 g/mol. The van der Waals surface area contributed by atoms with E-state index in [-0.39, 0.29) is 29.7 Å². The van der Waals surface area contributed by atoms with Crippen LogP contribution in [0.2, 0.25) is 0 Å². The van der Waals surface area contributed by atoms with Gasteiger partial charge in [0, 0.05) is 11.1 Å². The summed E-state index contributed by atoms with van der Waals surface area (Å²) in [6.45, 7) is -0.769. The predicted octanol–water partition coefficient (Wildman–Crippen LogP) is 3.20. The zero-order chi connectivity index (χ0) is 21.8. The summed E-state index contributed by atoms with van der Waals surface area (Å²) in [6, 6.07) is 13.9. The predicted molar refractivity (Wildman–Crippen MR) is 116 cm³/mol. The lowest BCUT2D eigenvalue weighted by molar-refractivity contribution is -0.140. The van der Waals surface area contributed by atoms with Crippen molar-refractivity contribution >= 4 is 27.6 Å². The number of hydrogen-bond donors (Lipinski definition) is 1. The highest BCUT2D eigenvalue weighted by Gasteiger charge is 2.30. The van der Waals surface area contributed by atoms with Crippen molar-refractivity contribution in [3.8, 4) is 0 Å². The number of fused-ring (bicyclic) bond motifs is 1. The third kappa shape index (κ3) is 4.85. The minimum absolute atomic E-state index is 0.0946. The summed E-state index contributed by atoms with van der Waals surface area (Å²) < 4.78 is 31.5. The van der Waals surface area contributed by atoms with Gasteiger partial charge in [-0.1, -0.05) is 55.7 Å². The van der Waals surface area contributed by atoms with Gasteiger partial charge in [-0.25, -0.2) is 8.42 Å². The number of ether oxygens (including phenoxy) is 1. The molecule has 1 fully saturated rings. The molecule has 1 heterocycles. The molecule has 0 spiro atoms. The van der Waals surface area contributed by atoms with E-state index in [9.17, 15) is 18.0 Å². The Bertz CT molecular complexity index is 1120. The molecule has 2 aliphatic rings. The molecule has 4 rings (SSSR count). The van der Waals surface area contributed by atoms with Crippen molar-refractivity contribution in [2.75, 3.05) is 13.2 Å². The first-order valence-corrected chi connectivity index (χ1v) is 11.9. The number of rotatable bonds is 6. The number of esters is 1. The van der Waals surface area contributed by atoms with Crippen LogP contribution in [0.15, 0.2) is 58.4 Å². The van der Waals surface area contributed by atoms with E-state index < -0.39 is 16.0 Å². The van der Waals surface area contributed by atoms with Crippen LogP contribution in [0.1, 0.15) is 59.5 Å². The van der Waals surface area contributed by atoms with Gasteiger partial charge in [0.05, 0.1) is 4.90 Å². The number of hydrogen-bond acceptors (Lipinski definition) is 6. The molecule has 0 aromatic heterocycles. The van der Waals surface area contributed by atoms with Gasteiger partial charge in [-0.3, -0.25) is 19.3 Å². The van der Waals surface area contributed by atoms with Crippen LogP contribution < -0.4 is 4.72 Å². The highest BCUT2D eigenvalue weighted by molar-refractivity contribution is 7.90. The quantitative estimate of drug-likeness (QED) is 0.549. The second-order valence-corrected chi connectivity index (χ2v) is 9.46. The summed E-state index contributed by atoms with van der Waals surface area (Å²) >= 11 is 0. The Morgan fingerprint density at radius 2 is 1.71 bits per heavy atom. The van der Waals surface area contributed by atoms with Gasteiger partial charge in [0.2, 0.25) is 0 Å². The SMILES string of the molecule is O=C(CN=C1NS(=O)(=O)c2ccccc21)OCC(=O)c1ccc(C2CCCCC2)cc1. The fraction of sp³-hybridized carbons (Fsp3) is 0.348. The average molecular weight is 441 g/mol. The minimum Gasteiger partial charge on any atom is -0.456 e. The molecule has 7 nitrogen and oxygen atoms in total. The Labute approximate surface area is 181 Å². The van der Waals surface area contributed by atoms with E-state index >= 15 is 0 Å². The van der Waals surface area contributed by atoms with Gasteiger partial charge < -0.3 is 4.74 Å². The Balaban J connectivity index is 1.31. The molecule has 0 amide bonds. The van der Waals surface area contributed by atoms with Crippen LogP contribution in [0.25, 0.3) is 0 Å². The maximum atomic E-state index is 12.3. The van der Waals surface area contributed by atoms with Crippen LogP contribution in [0.3, 0.4) is 0 Å². The molecule has 0 radical (unpaired) electrons. The maximum absolute atomic E-state index is 12.3. The summed E-state index contributed by atoms with van der Waals surface area (Å²) in [4.78, 5) is 28.5. The fourth-order valence-electron chi connectivity index (χ4n) is 4.05. The van der Waals surface area contributed by atoms with Crippen LogP contribution in [0, 0.1) is 0 Å². The van der Waals surface area contributed by atoms with Crippen LogP contribution in [-0.4, -0.2) is 39.2 Å². The lowest BCUT2D eigenvalue weighted by atomic mass is 9.84. The van der Waals surface area contributed by atoms with E-state index in [1.54, 1.807) is 30.3 Å². The van der Waals surface area contributed by atoms with Crippen molar-refractivity contribution in [3.05, 3.63) is 65.2 Å². The van der Waals surface area contributed by atoms with E-state index in [0.29, 0.717) is 17.0 Å². The molecular weight excluding hydrogens is 416 g/mol. The Morgan fingerprint density at radius 3 is 2.45 bits per heavy atom. The third-order valence-electron chi connectivity index (χ3n) is 5.70. The number of amidine groups is 1. The second kappa shape index (κ2) is 9.01. The molecule has 2 aromatic rings. The second-order valence-electron chi connectivity index (χ2n) is 7.81. The summed E-state index contributed by atoms with van der Waals surface area (Å²) in [6.07, 6.45) is 6.17. The van der Waals surface area contributed by atoms with E-state index in [2.05, 4.69) is 9.71 Å². The van der Waals surface area contributed by atoms with Crippen LogP contribution in [0.4, 0.5) is 0 Å². The molecular formula is C23H24N2O5S. The first kappa shape index (κ1) is 21.2. The normalized spacial score (nSPS) is 18.9. The summed E-state index contributed by atoms with van der Waals surface area (Å²) in [5, 5.41) is 0. The number of benzene rings is 2. The molecule has 31 heavy (non-hydrogen) atoms. The van der Waals surface area contributed by atoms with Crippen molar-refractivity contribution in [2.45, 2.75) is 42.9 Å². The third-order valence-corrected chi connectivity index (χ3v) is 7.10. The van der Waals surface area contributed by atoms with Crippen molar-refractivity contribution in [1.82, 2.24) is 4.72 Å². The Hall–Kier alpha value is -3.00. The van der Waals surface area contributed by atoms with Crippen molar-refractivity contribution in [2.24, 2.45) is 4.99 Å². The fourth-order valence-corrected chi connectivity index (χ4v) is 5.30. The van der Waals surface area contributed by atoms with Crippen molar-refractivity contribution in [3.63, 3.8) is 0 Å². The Kier molecular flexibility index (Phi) is 6.18. The van der Waals surface area contributed by atoms with Gasteiger partial charge in [-0.05, 0) is 36.5 Å². The topological polar surface area (TPSA) is 102 Å². The van der Waals surface area contributed by atoms with Gasteiger partial charge in [-0.2, -0.15) is 0 Å². The summed E-state index contributed by atoms with van der Waals surface area (Å²) in [5.74, 6) is -0.337. The zero-order valence-electron chi connectivity index (χ0n) is 17.0. The van der Waals surface area contributed by atoms with Crippen molar-refractivity contribution < 1.29 is 22.7 Å². The average Bonchev–Trinajstić information content (AvgIpc) is 3.07. The number of sulfonamides is 1. The lowest BCUT2D eigenvalue weighted by Gasteiger charge is -2.22. The number of ketones is 1. The molecule has 162 valence electrons. The van der Waals surface area contributed by atoms with Crippen LogP contribution >= 0.6 is 0 Å². The number of carbonyl (C=O) groups excluding carboxylic acids is 2.